The molecule has 6 rings (SSSR count). The number of ether oxygens (including phenoxy) is 6. The van der Waals surface area contributed by atoms with E-state index in [9.17, 15) is 28.7 Å². The summed E-state index contributed by atoms with van der Waals surface area (Å²) in [4.78, 5) is 62.8. The second-order valence-electron chi connectivity index (χ2n) is 15.1. The summed E-state index contributed by atoms with van der Waals surface area (Å²) in [7, 11) is 1.63. The highest BCUT2D eigenvalue weighted by Crippen LogP contribution is 2.38. The Hall–Kier alpha value is -5.43. The van der Waals surface area contributed by atoms with Crippen LogP contribution in [0.2, 0.25) is 5.02 Å². The lowest BCUT2D eigenvalue weighted by Crippen LogP contribution is -2.49. The molecule has 3 heterocycles. The summed E-state index contributed by atoms with van der Waals surface area (Å²) in [6.45, 7) is 9.15. The van der Waals surface area contributed by atoms with Gasteiger partial charge in [0.15, 0.2) is 5.82 Å². The normalized spacial score (nSPS) is 17.7. The van der Waals surface area contributed by atoms with Gasteiger partial charge in [-0.05, 0) is 79.3 Å². The number of hydrogen-bond acceptors (Lipinski definition) is 13. The zero-order valence-corrected chi connectivity index (χ0v) is 36.9. The van der Waals surface area contributed by atoms with Crippen molar-refractivity contribution in [2.45, 2.75) is 51.4 Å². The molecule has 0 fully saturated rings. The maximum absolute atomic E-state index is 15.0. The predicted octanol–water partition coefficient (Wildman–Crippen LogP) is 6.45. The lowest BCUT2D eigenvalue weighted by molar-refractivity contribution is -0.148. The Bertz CT molecular complexity index is 2200. The Morgan fingerprint density at radius 1 is 0.953 bits per heavy atom. The number of aromatic carboxylic acids is 1. The van der Waals surface area contributed by atoms with Gasteiger partial charge in [-0.25, -0.2) is 14.0 Å². The minimum Gasteiger partial charge on any atom is -0.478 e. The number of carboxylic acids is 1. The predicted molar refractivity (Wildman–Crippen MR) is 234 cm³/mol. The fraction of sp³-hybridized carbons (Fsp3) is 0.457. The summed E-state index contributed by atoms with van der Waals surface area (Å²) in [5.74, 6) is -3.05. The quantitative estimate of drug-likeness (QED) is 0.0879. The van der Waals surface area contributed by atoms with E-state index in [4.69, 9.17) is 44.9 Å². The number of fused-ring (bicyclic) bond motifs is 1. The number of carboxylic acid groups (broad SMARTS) is 1. The van der Waals surface area contributed by atoms with E-state index in [1.807, 2.05) is 18.2 Å². The first kappa shape index (κ1) is 48.0. The van der Waals surface area contributed by atoms with Crippen molar-refractivity contribution in [1.82, 2.24) is 9.80 Å². The van der Waals surface area contributed by atoms with Crippen LogP contribution in [0, 0.1) is 5.82 Å². The smallest absolute Gasteiger partial charge is 0.478 e. The summed E-state index contributed by atoms with van der Waals surface area (Å²) in [5, 5.41) is 16.8. The highest BCUT2D eigenvalue weighted by atomic mass is 35.5. The monoisotopic (exact) mass is 908 g/mol. The molecule has 3 aromatic rings. The Morgan fingerprint density at radius 3 is 2.38 bits per heavy atom. The third kappa shape index (κ3) is 12.2. The van der Waals surface area contributed by atoms with E-state index in [0.717, 1.165) is 36.2 Å². The average molecular weight is 909 g/mol. The number of carbonyl (C=O) groups excluding carboxylic acids is 3. The van der Waals surface area contributed by atoms with Crippen molar-refractivity contribution in [2.75, 3.05) is 91.5 Å². The molecule has 3 aromatic carbocycles. The lowest BCUT2D eigenvalue weighted by Gasteiger charge is -2.38. The molecule has 0 aromatic heterocycles. The van der Waals surface area contributed by atoms with Gasteiger partial charge in [0.25, 0.3) is 11.8 Å². The highest BCUT2D eigenvalue weighted by Gasteiger charge is 2.42. The van der Waals surface area contributed by atoms with Gasteiger partial charge < -0.3 is 48.6 Å². The van der Waals surface area contributed by atoms with E-state index in [0.29, 0.717) is 64.8 Å². The number of amides is 2. The van der Waals surface area contributed by atoms with Crippen molar-refractivity contribution in [1.29, 1.82) is 0 Å². The van der Waals surface area contributed by atoms with E-state index < -0.39 is 48.0 Å². The van der Waals surface area contributed by atoms with Crippen LogP contribution in [0.25, 0.3) is 5.57 Å². The number of anilines is 1. The first-order valence-corrected chi connectivity index (χ1v) is 21.6. The molecule has 1 unspecified atom stereocenters. The summed E-state index contributed by atoms with van der Waals surface area (Å²) < 4.78 is 46.9. The Balaban J connectivity index is 1.19. The van der Waals surface area contributed by atoms with E-state index in [1.54, 1.807) is 20.1 Å². The van der Waals surface area contributed by atoms with Crippen LogP contribution in [0.5, 0.6) is 0 Å². The SMILES string of the molecule is CCOC(=O)OC(C)c1cc(NC(=O)[C@@H]2c3cccc(C4=CCN(CCOCCOCCOCCOC)CC4)c3CCN2C(=O)[C@H]2CC(c3cccc(Cl)c3F)=NO2)ccc1C(=O)O. The minimum atomic E-state index is -1.26. The molecule has 3 aliphatic heterocycles. The van der Waals surface area contributed by atoms with Crippen LogP contribution in [-0.2, 0) is 49.3 Å². The first-order chi connectivity index (χ1) is 31.0. The number of rotatable bonds is 21. The van der Waals surface area contributed by atoms with Crippen LogP contribution in [0.3, 0.4) is 0 Å². The minimum absolute atomic E-state index is 0.0557. The van der Waals surface area contributed by atoms with Crippen LogP contribution in [0.1, 0.15) is 77.0 Å². The van der Waals surface area contributed by atoms with Crippen LogP contribution in [0.4, 0.5) is 14.9 Å². The Kier molecular flexibility index (Phi) is 17.6. The number of oxime groups is 1. The summed E-state index contributed by atoms with van der Waals surface area (Å²) in [6, 6.07) is 13.2. The van der Waals surface area contributed by atoms with Crippen LogP contribution >= 0.6 is 11.6 Å². The van der Waals surface area contributed by atoms with Crippen molar-refractivity contribution in [3.05, 3.63) is 105 Å². The Morgan fingerprint density at radius 2 is 1.67 bits per heavy atom. The largest absolute Gasteiger partial charge is 0.508 e. The number of benzene rings is 3. The van der Waals surface area contributed by atoms with E-state index in [-0.39, 0.29) is 52.7 Å². The van der Waals surface area contributed by atoms with E-state index in [1.165, 1.54) is 42.2 Å². The average Bonchev–Trinajstić information content (AvgIpc) is 3.78. The zero-order valence-electron chi connectivity index (χ0n) is 36.1. The fourth-order valence-corrected chi connectivity index (χ4v) is 8.02. The number of carbonyl (C=O) groups is 4. The molecule has 0 spiro atoms. The third-order valence-corrected chi connectivity index (χ3v) is 11.3. The summed E-state index contributed by atoms with van der Waals surface area (Å²) in [5.41, 5.74) is 4.13. The molecule has 0 saturated heterocycles. The van der Waals surface area contributed by atoms with Gasteiger partial charge in [-0.15, -0.1) is 0 Å². The molecular formula is C46H54ClFN4O12. The molecule has 18 heteroatoms. The number of methoxy groups -OCH3 is 1. The second kappa shape index (κ2) is 23.5. The molecule has 16 nitrogen and oxygen atoms in total. The van der Waals surface area contributed by atoms with Crippen LogP contribution in [-0.4, -0.2) is 137 Å². The van der Waals surface area contributed by atoms with Gasteiger partial charge in [0.2, 0.25) is 6.10 Å². The lowest BCUT2D eigenvalue weighted by atomic mass is 9.84. The Labute approximate surface area is 376 Å². The standard InChI is InChI=1S/C46H54ClFN4O12/c1-4-62-46(57)63-29(2)37-27-31(11-12-35(37)45(55)56)49-43(53)42-34-8-5-7-32(30-13-16-51(17-14-30)19-20-59-23-24-61-26-25-60-22-21-58-3)33(34)15-18-52(42)44(54)40-28-39(50-64-40)36-9-6-10-38(47)41(36)48/h5-13,27,29,40,42H,4,14-26,28H2,1-3H3,(H,49,53)(H,55,56)/t29?,40-,42+/m1/s1. The molecule has 0 radical (unpaired) electrons. The van der Waals surface area contributed by atoms with E-state index >= 15 is 0 Å². The van der Waals surface area contributed by atoms with Gasteiger partial charge in [-0.3, -0.25) is 14.5 Å². The summed E-state index contributed by atoms with van der Waals surface area (Å²) in [6.07, 6.45) is 0.135. The van der Waals surface area contributed by atoms with Crippen molar-refractivity contribution in [3.63, 3.8) is 0 Å². The first-order valence-electron chi connectivity index (χ1n) is 21.2. The van der Waals surface area contributed by atoms with Gasteiger partial charge in [0, 0.05) is 56.5 Å². The number of nitrogens with one attached hydrogen (secondary N) is 1. The van der Waals surface area contributed by atoms with Crippen LogP contribution in [0.15, 0.2) is 65.8 Å². The fourth-order valence-electron chi connectivity index (χ4n) is 7.85. The van der Waals surface area contributed by atoms with Gasteiger partial charge in [0.05, 0.1) is 69.2 Å². The number of hydrogen-bond donors (Lipinski definition) is 2. The maximum Gasteiger partial charge on any atom is 0.508 e. The van der Waals surface area contributed by atoms with Gasteiger partial charge in [-0.1, -0.05) is 47.1 Å². The molecule has 64 heavy (non-hydrogen) atoms. The van der Waals surface area contributed by atoms with Gasteiger partial charge >= 0.3 is 12.1 Å². The molecular weight excluding hydrogens is 855 g/mol. The number of halogens is 2. The topological polar surface area (TPSA) is 184 Å². The summed E-state index contributed by atoms with van der Waals surface area (Å²) >= 11 is 6.03. The van der Waals surface area contributed by atoms with Gasteiger partial charge in [-0.2, -0.15) is 0 Å². The third-order valence-electron chi connectivity index (χ3n) is 11.0. The molecule has 0 bridgehead atoms. The van der Waals surface area contributed by atoms with Gasteiger partial charge in [0.1, 0.15) is 12.1 Å². The maximum atomic E-state index is 15.0. The molecule has 2 N–H and O–H groups in total. The zero-order chi connectivity index (χ0) is 45.6. The highest BCUT2D eigenvalue weighted by molar-refractivity contribution is 6.31. The van der Waals surface area contributed by atoms with Crippen molar-refractivity contribution in [2.24, 2.45) is 5.16 Å². The molecule has 344 valence electrons. The van der Waals surface area contributed by atoms with E-state index in [2.05, 4.69) is 21.4 Å². The molecule has 3 aliphatic rings. The van der Waals surface area contributed by atoms with Crippen molar-refractivity contribution >= 4 is 52.5 Å². The molecule has 3 atom stereocenters. The molecule has 0 aliphatic carbocycles. The van der Waals surface area contributed by atoms with Crippen molar-refractivity contribution < 1.29 is 61.9 Å². The second-order valence-corrected chi connectivity index (χ2v) is 15.6. The van der Waals surface area contributed by atoms with Crippen LogP contribution < -0.4 is 5.32 Å². The number of nitrogens with zero attached hydrogens (tertiary/aromatic N) is 3. The van der Waals surface area contributed by atoms with Crippen molar-refractivity contribution in [3.8, 4) is 0 Å². The molecule has 0 saturated carbocycles. The molecule has 2 amide bonds.